The molecule has 1 amide bonds. The van der Waals surface area contributed by atoms with Gasteiger partial charge in [-0.05, 0) is 24.6 Å². The summed E-state index contributed by atoms with van der Waals surface area (Å²) in [6, 6.07) is 2.52. The van der Waals surface area contributed by atoms with Gasteiger partial charge in [-0.25, -0.2) is 4.39 Å². The molecule has 0 saturated carbocycles. The van der Waals surface area contributed by atoms with E-state index in [1.807, 2.05) is 0 Å². The normalized spacial score (nSPS) is 17.2. The second-order valence-corrected chi connectivity index (χ2v) is 9.42. The van der Waals surface area contributed by atoms with Crippen LogP contribution in [0.15, 0.2) is 16.5 Å². The first-order chi connectivity index (χ1) is 15.1. The van der Waals surface area contributed by atoms with Crippen LogP contribution in [0.4, 0.5) is 22.0 Å². The molecule has 8 nitrogen and oxygen atoms in total. The average molecular weight is 500 g/mol. The number of aromatic nitrogens is 2. The summed E-state index contributed by atoms with van der Waals surface area (Å²) in [4.78, 5) is 14.8. The van der Waals surface area contributed by atoms with Crippen molar-refractivity contribution in [2.75, 3.05) is 19.4 Å². The van der Waals surface area contributed by atoms with Crippen LogP contribution in [0.5, 0.6) is 11.8 Å². The van der Waals surface area contributed by atoms with E-state index >= 15 is 0 Å². The maximum Gasteiger partial charge on any atom is 0.414 e. The lowest BCUT2D eigenvalue weighted by atomic mass is 10.2. The lowest BCUT2D eigenvalue weighted by Crippen LogP contribution is -2.51. The van der Waals surface area contributed by atoms with Gasteiger partial charge < -0.3 is 24.2 Å². The number of amides is 1. The molecule has 0 bridgehead atoms. The van der Waals surface area contributed by atoms with Crippen molar-refractivity contribution in [3.8, 4) is 11.8 Å². The number of halogens is 6. The van der Waals surface area contributed by atoms with Gasteiger partial charge in [-0.15, -0.1) is 5.10 Å². The predicted octanol–water partition coefficient (Wildman–Crippen LogP) is 3.09. The van der Waals surface area contributed by atoms with Crippen LogP contribution in [0.2, 0.25) is 11.1 Å². The number of nitrogens with one attached hydrogen (secondary N) is 2. The van der Waals surface area contributed by atoms with Gasteiger partial charge in [-0.1, -0.05) is 16.7 Å². The number of nitrogens with zero attached hydrogens (tertiary/aromatic N) is 2. The molecule has 1 atom stereocenters. The Balaban J connectivity index is 1.40. The van der Waals surface area contributed by atoms with Crippen LogP contribution in [0.3, 0.4) is 0 Å². The number of benzene rings is 1. The van der Waals surface area contributed by atoms with Crippen molar-refractivity contribution in [1.29, 1.82) is 0 Å². The molecule has 0 aliphatic carbocycles. The summed E-state index contributed by atoms with van der Waals surface area (Å²) >= 11 is 5.46. The molecule has 0 spiro atoms. The molecular formula is C17H17ClF5N4O4Si. The number of carbonyl (C=O) groups excluding carboxylic acids is 1. The quantitative estimate of drug-likeness (QED) is 0.327. The minimum absolute atomic E-state index is 0.169. The Morgan fingerprint density at radius 2 is 2.06 bits per heavy atom. The Morgan fingerprint density at radius 1 is 1.28 bits per heavy atom. The van der Waals surface area contributed by atoms with Crippen molar-refractivity contribution in [3.05, 3.63) is 34.7 Å². The molecule has 2 N–H and O–H groups in total. The molecule has 1 radical (unpaired) electrons. The summed E-state index contributed by atoms with van der Waals surface area (Å²) in [7, 11) is -1.36. The first-order valence-corrected chi connectivity index (χ1v) is 11.6. The van der Waals surface area contributed by atoms with Gasteiger partial charge in [0.2, 0.25) is 17.6 Å². The van der Waals surface area contributed by atoms with Gasteiger partial charge in [0.1, 0.15) is 6.61 Å². The van der Waals surface area contributed by atoms with Gasteiger partial charge >= 0.3 is 12.3 Å². The first kappa shape index (κ1) is 24.2. The molecule has 2 aromatic rings. The van der Waals surface area contributed by atoms with Crippen LogP contribution in [0, 0.1) is 11.6 Å². The zero-order valence-corrected chi connectivity index (χ0v) is 18.0. The summed E-state index contributed by atoms with van der Waals surface area (Å²) in [5.41, 5.74) is 0. The van der Waals surface area contributed by atoms with Crippen LogP contribution < -0.4 is 19.8 Å². The van der Waals surface area contributed by atoms with Crippen molar-refractivity contribution in [2.24, 2.45) is 0 Å². The minimum atomic E-state index is -4.35. The Kier molecular flexibility index (Phi) is 7.90. The van der Waals surface area contributed by atoms with E-state index < -0.39 is 63.1 Å². The molecule has 32 heavy (non-hydrogen) atoms. The van der Waals surface area contributed by atoms with Crippen LogP contribution in [0.1, 0.15) is 24.8 Å². The standard InChI is InChI=1S/C17H17ClF5N4O4Si/c18-9-1-2-11(14(20)13(9)19)30-7-12(28)27-32-6-3-10(24-8-32)15-25-26-16(31-15)29-5-4-17(21,22)23/h1-2,10,24H,3-8H2,(H,27,28)/t10-/m1/s1. The number of hydrogen-bond acceptors (Lipinski definition) is 7. The predicted molar refractivity (Wildman–Crippen MR) is 101 cm³/mol. The van der Waals surface area contributed by atoms with E-state index in [2.05, 4.69) is 20.5 Å². The van der Waals surface area contributed by atoms with Gasteiger partial charge in [0.05, 0.1) is 17.5 Å². The summed E-state index contributed by atoms with van der Waals surface area (Å²) in [5.74, 6) is -3.28. The Labute approximate surface area is 185 Å². The monoisotopic (exact) mass is 499 g/mol. The fraction of sp³-hybridized carbons (Fsp3) is 0.471. The molecular weight excluding hydrogens is 483 g/mol. The highest BCUT2D eigenvalue weighted by Gasteiger charge is 2.30. The second-order valence-electron chi connectivity index (χ2n) is 6.71. The molecule has 0 unspecified atom stereocenters. The minimum Gasteiger partial charge on any atom is -0.481 e. The van der Waals surface area contributed by atoms with E-state index in [9.17, 15) is 26.7 Å². The molecule has 175 valence electrons. The summed E-state index contributed by atoms with van der Waals surface area (Å²) in [6.45, 7) is -1.13. The zero-order valence-electron chi connectivity index (χ0n) is 16.3. The lowest BCUT2D eigenvalue weighted by molar-refractivity contribution is -0.140. The highest BCUT2D eigenvalue weighted by atomic mass is 35.5. The smallest absolute Gasteiger partial charge is 0.414 e. The Hall–Kier alpha value is -2.45. The lowest BCUT2D eigenvalue weighted by Gasteiger charge is -2.26. The molecule has 1 saturated heterocycles. The molecule has 1 aliphatic rings. The maximum absolute atomic E-state index is 13.7. The van der Waals surface area contributed by atoms with E-state index in [1.165, 1.54) is 0 Å². The van der Waals surface area contributed by atoms with E-state index in [0.29, 0.717) is 18.6 Å². The summed E-state index contributed by atoms with van der Waals surface area (Å²) in [5, 5.41) is 10.0. The number of rotatable bonds is 8. The SMILES string of the molecule is O=C(COc1ccc(Cl)c(F)c1F)N[Si]1CC[C@H](c2nnc(OCCC(F)(F)F)o2)NC1. The Morgan fingerprint density at radius 3 is 2.75 bits per heavy atom. The van der Waals surface area contributed by atoms with Crippen molar-refractivity contribution in [1.82, 2.24) is 20.5 Å². The van der Waals surface area contributed by atoms with E-state index in [1.54, 1.807) is 0 Å². The van der Waals surface area contributed by atoms with Crippen LogP contribution in [0.25, 0.3) is 0 Å². The fourth-order valence-electron chi connectivity index (χ4n) is 2.74. The highest BCUT2D eigenvalue weighted by molar-refractivity contribution is 6.59. The zero-order chi connectivity index (χ0) is 23.3. The van der Waals surface area contributed by atoms with E-state index in [0.717, 1.165) is 12.1 Å². The van der Waals surface area contributed by atoms with Gasteiger partial charge in [-0.2, -0.15) is 17.6 Å². The van der Waals surface area contributed by atoms with Crippen LogP contribution in [-0.2, 0) is 4.79 Å². The Bertz CT molecular complexity index is 940. The highest BCUT2D eigenvalue weighted by Crippen LogP contribution is 2.26. The van der Waals surface area contributed by atoms with E-state index in [4.69, 9.17) is 25.5 Å². The third-order valence-corrected chi connectivity index (χ3v) is 6.75. The third kappa shape index (κ3) is 6.77. The van der Waals surface area contributed by atoms with Crippen molar-refractivity contribution < 1.29 is 40.6 Å². The van der Waals surface area contributed by atoms with Crippen molar-refractivity contribution >= 4 is 26.5 Å². The van der Waals surface area contributed by atoms with Gasteiger partial charge in [0, 0.05) is 6.17 Å². The van der Waals surface area contributed by atoms with Gasteiger partial charge in [-0.3, -0.25) is 4.79 Å². The number of alkyl halides is 3. The maximum atomic E-state index is 13.7. The molecule has 2 heterocycles. The number of hydrogen-bond donors (Lipinski definition) is 2. The fourth-order valence-corrected chi connectivity index (χ4v) is 4.88. The molecule has 1 aromatic carbocycles. The van der Waals surface area contributed by atoms with E-state index in [-0.39, 0.29) is 18.0 Å². The number of ether oxygens (including phenoxy) is 2. The van der Waals surface area contributed by atoms with Crippen LogP contribution in [-0.4, -0.2) is 50.6 Å². The van der Waals surface area contributed by atoms with Crippen molar-refractivity contribution in [2.45, 2.75) is 31.1 Å². The largest absolute Gasteiger partial charge is 0.481 e. The van der Waals surface area contributed by atoms with Gasteiger partial charge in [0.25, 0.3) is 0 Å². The second kappa shape index (κ2) is 10.4. The molecule has 1 aromatic heterocycles. The third-order valence-electron chi connectivity index (χ3n) is 4.30. The first-order valence-electron chi connectivity index (χ1n) is 9.29. The topological polar surface area (TPSA) is 98.5 Å². The van der Waals surface area contributed by atoms with Crippen LogP contribution >= 0.6 is 11.6 Å². The summed E-state index contributed by atoms with van der Waals surface area (Å²) in [6.07, 6.45) is -4.88. The van der Waals surface area contributed by atoms with Gasteiger partial charge in [0.15, 0.2) is 27.1 Å². The van der Waals surface area contributed by atoms with Crippen molar-refractivity contribution in [3.63, 3.8) is 0 Å². The summed E-state index contributed by atoms with van der Waals surface area (Å²) < 4.78 is 78.6. The molecule has 3 rings (SSSR count). The number of carbonyl (C=O) groups is 1. The molecule has 15 heteroatoms. The average Bonchev–Trinajstić information content (AvgIpc) is 3.20. The molecule has 1 aliphatic heterocycles. The molecule has 1 fully saturated rings.